The van der Waals surface area contributed by atoms with Gasteiger partial charge in [-0.05, 0) is 42.7 Å². The first-order valence-electron chi connectivity index (χ1n) is 8.43. The fraction of sp³-hybridized carbons (Fsp3) is 0.238. The molecule has 0 atom stereocenters. The Kier molecular flexibility index (Phi) is 6.98. The zero-order chi connectivity index (χ0) is 19.1. The van der Waals surface area contributed by atoms with Crippen molar-refractivity contribution in [2.45, 2.75) is 26.7 Å². The Morgan fingerprint density at radius 3 is 2.42 bits per heavy atom. The summed E-state index contributed by atoms with van der Waals surface area (Å²) in [6, 6.07) is 14.4. The minimum Gasteiger partial charge on any atom is -0.506 e. The van der Waals surface area contributed by atoms with E-state index in [1.54, 1.807) is 31.2 Å². The molecule has 0 radical (unpaired) electrons. The summed E-state index contributed by atoms with van der Waals surface area (Å²) >= 11 is 6.12. The van der Waals surface area contributed by atoms with Crippen molar-refractivity contribution in [1.82, 2.24) is 0 Å². The highest BCUT2D eigenvalue weighted by Gasteiger charge is 2.18. The van der Waals surface area contributed by atoms with Crippen LogP contribution in [0.1, 0.15) is 37.8 Å². The second-order valence-electron chi connectivity index (χ2n) is 5.97. The van der Waals surface area contributed by atoms with Crippen LogP contribution in [0.5, 0.6) is 0 Å². The number of hydrogen-bond acceptors (Lipinski definition) is 4. The molecule has 1 N–H and O–H groups in total. The normalized spacial score (nSPS) is 12.3. The largest absolute Gasteiger partial charge is 0.506 e. The highest BCUT2D eigenvalue weighted by Crippen LogP contribution is 2.25. The number of carbonyl (C=O) groups excluding carboxylic acids is 1. The molecule has 0 saturated carbocycles. The maximum atomic E-state index is 12.3. The van der Waals surface area contributed by atoms with Crippen molar-refractivity contribution >= 4 is 35.2 Å². The Morgan fingerprint density at radius 1 is 1.19 bits per heavy atom. The van der Waals surface area contributed by atoms with Gasteiger partial charge in [0.25, 0.3) is 0 Å². The van der Waals surface area contributed by atoms with E-state index in [9.17, 15) is 9.90 Å². The van der Waals surface area contributed by atoms with Gasteiger partial charge in [0.2, 0.25) is 0 Å². The summed E-state index contributed by atoms with van der Waals surface area (Å²) in [5, 5.41) is 10.9. The van der Waals surface area contributed by atoms with E-state index < -0.39 is 5.97 Å². The van der Waals surface area contributed by atoms with Gasteiger partial charge < -0.3 is 9.84 Å². The second-order valence-corrected chi connectivity index (χ2v) is 6.37. The van der Waals surface area contributed by atoms with Crippen LogP contribution in [0.2, 0.25) is 5.02 Å². The van der Waals surface area contributed by atoms with Crippen LogP contribution in [-0.4, -0.2) is 23.9 Å². The number of aliphatic hydroxyl groups excluding tert-OH is 1. The number of halogens is 1. The van der Waals surface area contributed by atoms with Crippen molar-refractivity contribution in [1.29, 1.82) is 0 Å². The topological polar surface area (TPSA) is 58.9 Å². The molecule has 4 nitrogen and oxygen atoms in total. The third-order valence-electron chi connectivity index (χ3n) is 3.78. The van der Waals surface area contributed by atoms with Gasteiger partial charge >= 0.3 is 5.97 Å². The van der Waals surface area contributed by atoms with Crippen LogP contribution >= 0.6 is 11.6 Å². The SMILES string of the molecule is CCOC(=O)/C(C=Nc1ccc(C(C)C)cc1)=C(\O)c1ccccc1Cl. The summed E-state index contributed by atoms with van der Waals surface area (Å²) in [7, 11) is 0. The number of benzene rings is 2. The Hall–Kier alpha value is -2.59. The Balaban J connectivity index is 2.40. The molecule has 0 spiro atoms. The summed E-state index contributed by atoms with van der Waals surface area (Å²) in [6.07, 6.45) is 1.31. The van der Waals surface area contributed by atoms with Gasteiger partial charge in [-0.3, -0.25) is 4.99 Å². The Morgan fingerprint density at radius 2 is 1.85 bits per heavy atom. The van der Waals surface area contributed by atoms with E-state index >= 15 is 0 Å². The summed E-state index contributed by atoms with van der Waals surface area (Å²) < 4.78 is 5.03. The van der Waals surface area contributed by atoms with Gasteiger partial charge in [-0.2, -0.15) is 0 Å². The van der Waals surface area contributed by atoms with E-state index in [1.165, 1.54) is 11.8 Å². The van der Waals surface area contributed by atoms with E-state index in [0.717, 1.165) is 0 Å². The first kappa shape index (κ1) is 19.7. The van der Waals surface area contributed by atoms with Crippen molar-refractivity contribution < 1.29 is 14.6 Å². The Labute approximate surface area is 158 Å². The van der Waals surface area contributed by atoms with Crippen molar-refractivity contribution in [2.75, 3.05) is 6.61 Å². The quantitative estimate of drug-likeness (QED) is 0.307. The minimum absolute atomic E-state index is 0.0483. The molecule has 0 bridgehead atoms. The molecular formula is C21H22ClNO3. The van der Waals surface area contributed by atoms with Crippen LogP contribution in [0.3, 0.4) is 0 Å². The third kappa shape index (κ3) is 4.96. The molecule has 0 heterocycles. The summed E-state index contributed by atoms with van der Waals surface area (Å²) in [5.41, 5.74) is 2.17. The molecule has 136 valence electrons. The average molecular weight is 372 g/mol. The van der Waals surface area contributed by atoms with Crippen LogP contribution in [0, 0.1) is 0 Å². The molecule has 0 fully saturated rings. The fourth-order valence-corrected chi connectivity index (χ4v) is 2.53. The Bertz CT molecular complexity index is 823. The molecule has 2 aromatic rings. The first-order valence-corrected chi connectivity index (χ1v) is 8.81. The molecule has 5 heteroatoms. The highest BCUT2D eigenvalue weighted by molar-refractivity contribution is 6.32. The van der Waals surface area contributed by atoms with Crippen molar-refractivity contribution in [3.8, 4) is 0 Å². The zero-order valence-corrected chi connectivity index (χ0v) is 15.8. The predicted octanol–water partition coefficient (Wildman–Crippen LogP) is 5.70. The number of esters is 1. The molecule has 0 unspecified atom stereocenters. The van der Waals surface area contributed by atoms with Crippen molar-refractivity contribution in [3.63, 3.8) is 0 Å². The fourth-order valence-electron chi connectivity index (χ4n) is 2.30. The molecule has 2 aromatic carbocycles. The first-order chi connectivity index (χ1) is 12.4. The van der Waals surface area contributed by atoms with Gasteiger partial charge in [0, 0.05) is 11.8 Å². The minimum atomic E-state index is -0.660. The smallest absolute Gasteiger partial charge is 0.343 e. The number of nitrogens with zero attached hydrogens (tertiary/aromatic N) is 1. The van der Waals surface area contributed by atoms with Gasteiger partial charge in [0.15, 0.2) is 0 Å². The van der Waals surface area contributed by atoms with Gasteiger partial charge in [0.1, 0.15) is 11.3 Å². The lowest BCUT2D eigenvalue weighted by atomic mass is 10.0. The lowest BCUT2D eigenvalue weighted by Gasteiger charge is -2.08. The highest BCUT2D eigenvalue weighted by atomic mass is 35.5. The molecule has 26 heavy (non-hydrogen) atoms. The molecule has 0 amide bonds. The second kappa shape index (κ2) is 9.20. The molecule has 0 aliphatic carbocycles. The molecule has 0 saturated heterocycles. The van der Waals surface area contributed by atoms with Crippen molar-refractivity contribution in [2.24, 2.45) is 4.99 Å². The number of hydrogen-bond donors (Lipinski definition) is 1. The van der Waals surface area contributed by atoms with Crippen LogP contribution in [0.15, 0.2) is 59.1 Å². The van der Waals surface area contributed by atoms with Gasteiger partial charge in [-0.1, -0.05) is 49.7 Å². The molecule has 0 aliphatic heterocycles. The van der Waals surface area contributed by atoms with Crippen LogP contribution in [0.25, 0.3) is 5.76 Å². The molecule has 0 aromatic heterocycles. The average Bonchev–Trinajstić information content (AvgIpc) is 2.62. The van der Waals surface area contributed by atoms with Gasteiger partial charge in [-0.15, -0.1) is 0 Å². The van der Waals surface area contributed by atoms with Gasteiger partial charge in [-0.25, -0.2) is 4.79 Å². The lowest BCUT2D eigenvalue weighted by molar-refractivity contribution is -0.137. The third-order valence-corrected chi connectivity index (χ3v) is 4.11. The number of ether oxygens (including phenoxy) is 1. The van der Waals surface area contributed by atoms with Crippen LogP contribution < -0.4 is 0 Å². The summed E-state index contributed by atoms with van der Waals surface area (Å²) in [5.74, 6) is -0.503. The molecule has 0 aliphatic rings. The van der Waals surface area contributed by atoms with Crippen LogP contribution in [-0.2, 0) is 9.53 Å². The van der Waals surface area contributed by atoms with E-state index in [-0.39, 0.29) is 17.9 Å². The van der Waals surface area contributed by atoms with E-state index in [0.29, 0.717) is 22.2 Å². The number of carbonyl (C=O) groups is 1. The van der Waals surface area contributed by atoms with Gasteiger partial charge in [0.05, 0.1) is 17.3 Å². The maximum absolute atomic E-state index is 12.3. The van der Waals surface area contributed by atoms with E-state index in [2.05, 4.69) is 18.8 Å². The number of rotatable bonds is 6. The van der Waals surface area contributed by atoms with E-state index in [4.69, 9.17) is 16.3 Å². The number of aliphatic hydroxyl groups is 1. The lowest BCUT2D eigenvalue weighted by Crippen LogP contribution is -2.11. The zero-order valence-electron chi connectivity index (χ0n) is 15.1. The monoisotopic (exact) mass is 371 g/mol. The number of aliphatic imine (C=N–C) groups is 1. The summed E-state index contributed by atoms with van der Waals surface area (Å²) in [6.45, 7) is 6.11. The molecular weight excluding hydrogens is 350 g/mol. The van der Waals surface area contributed by atoms with Crippen molar-refractivity contribution in [3.05, 3.63) is 70.3 Å². The van der Waals surface area contributed by atoms with Crippen LogP contribution in [0.4, 0.5) is 5.69 Å². The summed E-state index contributed by atoms with van der Waals surface area (Å²) in [4.78, 5) is 16.6. The maximum Gasteiger partial charge on any atom is 0.343 e. The molecule has 2 rings (SSSR count). The van der Waals surface area contributed by atoms with E-state index in [1.807, 2.05) is 24.3 Å². The predicted molar refractivity (Wildman–Crippen MR) is 106 cm³/mol. The standard InChI is InChI=1S/C21H22ClNO3/c1-4-26-21(25)18(20(24)17-7-5-6-8-19(17)22)13-23-16-11-9-15(10-12-16)14(2)3/h5-14,24H,4H2,1-3H3/b20-18-,23-13?.